The van der Waals surface area contributed by atoms with Crippen molar-refractivity contribution in [2.75, 3.05) is 5.32 Å². The van der Waals surface area contributed by atoms with Crippen molar-refractivity contribution in [3.05, 3.63) is 59.4 Å². The van der Waals surface area contributed by atoms with Crippen LogP contribution in [0, 0.1) is 0 Å². The minimum Gasteiger partial charge on any atom is -0.351 e. The molecule has 0 atom stereocenters. The van der Waals surface area contributed by atoms with E-state index in [9.17, 15) is 0 Å². The molecular weight excluding hydrogens is 314 g/mol. The van der Waals surface area contributed by atoms with Crippen molar-refractivity contribution in [1.29, 1.82) is 0 Å². The van der Waals surface area contributed by atoms with Crippen molar-refractivity contribution in [1.82, 2.24) is 10.3 Å². The highest BCUT2D eigenvalue weighted by Gasteiger charge is 2.37. The first kappa shape index (κ1) is 15.3. The third kappa shape index (κ3) is 3.23. The molecule has 0 aliphatic heterocycles. The Morgan fingerprint density at radius 1 is 1.09 bits per heavy atom. The Labute approximate surface area is 141 Å². The lowest BCUT2D eigenvalue weighted by molar-refractivity contribution is 0.396. The number of hydrogen-bond acceptors (Lipinski definition) is 2. The number of thiocarbonyl (C=S) groups is 1. The summed E-state index contributed by atoms with van der Waals surface area (Å²) in [6, 6.07) is 13.6. The third-order valence-electron chi connectivity index (χ3n) is 4.09. The Balaban J connectivity index is 1.77. The highest BCUT2D eigenvalue weighted by molar-refractivity contribution is 7.80. The van der Waals surface area contributed by atoms with E-state index in [0.717, 1.165) is 24.2 Å². The van der Waals surface area contributed by atoms with Crippen molar-refractivity contribution in [2.45, 2.75) is 31.2 Å². The van der Waals surface area contributed by atoms with Crippen molar-refractivity contribution in [3.63, 3.8) is 0 Å². The summed E-state index contributed by atoms with van der Waals surface area (Å²) in [4.78, 5) is 4.53. The normalized spacial score (nSPS) is 16.2. The molecule has 1 fully saturated rings. The number of para-hydroxylation sites is 1. The van der Waals surface area contributed by atoms with Gasteiger partial charge in [0.15, 0.2) is 5.11 Å². The van der Waals surface area contributed by atoms with E-state index >= 15 is 0 Å². The Hall–Kier alpha value is -1.65. The van der Waals surface area contributed by atoms with Gasteiger partial charge in [0.1, 0.15) is 0 Å². The van der Waals surface area contributed by atoms with E-state index in [1.165, 1.54) is 12.8 Å². The molecule has 0 radical (unpaired) electrons. The molecule has 1 aliphatic rings. The first-order valence-electron chi connectivity index (χ1n) is 7.45. The Morgan fingerprint density at radius 2 is 1.82 bits per heavy atom. The second-order valence-corrected chi connectivity index (χ2v) is 6.38. The van der Waals surface area contributed by atoms with Crippen LogP contribution in [0.1, 0.15) is 31.4 Å². The molecule has 1 heterocycles. The van der Waals surface area contributed by atoms with Crippen LogP contribution in [0.2, 0.25) is 5.02 Å². The average Bonchev–Trinajstić information content (AvgIpc) is 3.00. The van der Waals surface area contributed by atoms with Gasteiger partial charge in [-0.25, -0.2) is 0 Å². The van der Waals surface area contributed by atoms with Crippen LogP contribution in [0.25, 0.3) is 0 Å². The largest absolute Gasteiger partial charge is 0.351 e. The SMILES string of the molecule is S=C(Nc1ccccc1Cl)NC1(c2ccccn2)CCCC1. The predicted octanol–water partition coefficient (Wildman–Crippen LogP) is 4.49. The quantitative estimate of drug-likeness (QED) is 0.812. The molecule has 3 rings (SSSR count). The van der Waals surface area contributed by atoms with Crippen LogP contribution in [0.4, 0.5) is 5.69 Å². The van der Waals surface area contributed by atoms with Crippen LogP contribution in [0.5, 0.6) is 0 Å². The minimum absolute atomic E-state index is 0.174. The Bertz CT molecular complexity index is 654. The van der Waals surface area contributed by atoms with Crippen molar-refractivity contribution in [3.8, 4) is 0 Å². The molecule has 1 aromatic heterocycles. The van der Waals surface area contributed by atoms with Crippen molar-refractivity contribution < 1.29 is 0 Å². The van der Waals surface area contributed by atoms with Crippen molar-refractivity contribution >= 4 is 34.6 Å². The van der Waals surface area contributed by atoms with E-state index in [1.54, 1.807) is 0 Å². The molecular formula is C17H18ClN3S. The first-order valence-corrected chi connectivity index (χ1v) is 8.23. The highest BCUT2D eigenvalue weighted by atomic mass is 35.5. The zero-order chi connectivity index (χ0) is 15.4. The summed E-state index contributed by atoms with van der Waals surface area (Å²) < 4.78 is 0. The molecule has 0 spiro atoms. The number of benzene rings is 1. The van der Waals surface area contributed by atoms with Gasteiger partial charge in [0, 0.05) is 6.20 Å². The molecule has 1 aromatic carbocycles. The molecule has 1 saturated carbocycles. The van der Waals surface area contributed by atoms with E-state index in [2.05, 4.69) is 21.7 Å². The van der Waals surface area contributed by atoms with Gasteiger partial charge in [-0.2, -0.15) is 0 Å². The first-order chi connectivity index (χ1) is 10.7. The van der Waals surface area contributed by atoms with Gasteiger partial charge in [-0.3, -0.25) is 4.98 Å². The number of nitrogens with zero attached hydrogens (tertiary/aromatic N) is 1. The number of pyridine rings is 1. The summed E-state index contributed by atoms with van der Waals surface area (Å²) in [5.41, 5.74) is 1.69. The Kier molecular flexibility index (Phi) is 4.60. The number of anilines is 1. The molecule has 3 nitrogen and oxygen atoms in total. The van der Waals surface area contributed by atoms with E-state index in [4.69, 9.17) is 23.8 Å². The van der Waals surface area contributed by atoms with Gasteiger partial charge in [0.05, 0.1) is 21.9 Å². The van der Waals surface area contributed by atoms with Crippen molar-refractivity contribution in [2.24, 2.45) is 0 Å². The molecule has 0 bridgehead atoms. The lowest BCUT2D eigenvalue weighted by Crippen LogP contribution is -2.46. The Morgan fingerprint density at radius 3 is 2.50 bits per heavy atom. The summed E-state index contributed by atoms with van der Waals surface area (Å²) in [6.07, 6.45) is 6.26. The third-order valence-corrected chi connectivity index (χ3v) is 4.62. The van der Waals surface area contributed by atoms with Gasteiger partial charge < -0.3 is 10.6 Å². The zero-order valence-corrected chi connectivity index (χ0v) is 13.8. The van der Waals surface area contributed by atoms with Crippen LogP contribution >= 0.6 is 23.8 Å². The zero-order valence-electron chi connectivity index (χ0n) is 12.2. The lowest BCUT2D eigenvalue weighted by Gasteiger charge is -2.31. The van der Waals surface area contributed by atoms with Gasteiger partial charge in [0.2, 0.25) is 0 Å². The van der Waals surface area contributed by atoms with Gasteiger partial charge in [-0.05, 0) is 49.3 Å². The number of halogens is 1. The molecule has 1 aliphatic carbocycles. The fraction of sp³-hybridized carbons (Fsp3) is 0.294. The predicted molar refractivity (Wildman–Crippen MR) is 95.2 cm³/mol. The minimum atomic E-state index is -0.174. The fourth-order valence-corrected chi connectivity index (χ4v) is 3.49. The number of rotatable bonds is 3. The molecule has 5 heteroatoms. The maximum Gasteiger partial charge on any atom is 0.171 e. The number of aromatic nitrogens is 1. The summed E-state index contributed by atoms with van der Waals surface area (Å²) in [5.74, 6) is 0. The maximum atomic E-state index is 6.17. The van der Waals surface area contributed by atoms with Crippen LogP contribution in [-0.4, -0.2) is 10.1 Å². The van der Waals surface area contributed by atoms with Crippen LogP contribution in [0.3, 0.4) is 0 Å². The summed E-state index contributed by atoms with van der Waals surface area (Å²) in [6.45, 7) is 0. The number of hydrogen-bond donors (Lipinski definition) is 2. The van der Waals surface area contributed by atoms with Gasteiger partial charge in [-0.15, -0.1) is 0 Å². The molecule has 114 valence electrons. The molecule has 22 heavy (non-hydrogen) atoms. The van der Waals surface area contributed by atoms with E-state index in [-0.39, 0.29) is 5.54 Å². The molecule has 0 amide bonds. The summed E-state index contributed by atoms with van der Waals surface area (Å²) in [5, 5.41) is 7.92. The van der Waals surface area contributed by atoms with Crippen LogP contribution < -0.4 is 10.6 Å². The maximum absolute atomic E-state index is 6.17. The van der Waals surface area contributed by atoms with Crippen LogP contribution in [-0.2, 0) is 5.54 Å². The van der Waals surface area contributed by atoms with E-state index in [1.807, 2.05) is 42.6 Å². The summed E-state index contributed by atoms with van der Waals surface area (Å²) in [7, 11) is 0. The fourth-order valence-electron chi connectivity index (χ4n) is 3.00. The smallest absolute Gasteiger partial charge is 0.171 e. The molecule has 2 N–H and O–H groups in total. The van der Waals surface area contributed by atoms with E-state index < -0.39 is 0 Å². The molecule has 2 aromatic rings. The van der Waals surface area contributed by atoms with Gasteiger partial charge in [0.25, 0.3) is 0 Å². The lowest BCUT2D eigenvalue weighted by atomic mass is 9.93. The van der Waals surface area contributed by atoms with Crippen LogP contribution in [0.15, 0.2) is 48.7 Å². The second-order valence-electron chi connectivity index (χ2n) is 5.56. The average molecular weight is 332 g/mol. The highest BCUT2D eigenvalue weighted by Crippen LogP contribution is 2.37. The molecule has 0 saturated heterocycles. The second kappa shape index (κ2) is 6.63. The topological polar surface area (TPSA) is 37.0 Å². The van der Waals surface area contributed by atoms with Gasteiger partial charge in [-0.1, -0.05) is 42.6 Å². The van der Waals surface area contributed by atoms with E-state index in [0.29, 0.717) is 10.1 Å². The van der Waals surface area contributed by atoms with Gasteiger partial charge >= 0.3 is 0 Å². The summed E-state index contributed by atoms with van der Waals surface area (Å²) >= 11 is 11.7. The molecule has 0 unspecified atom stereocenters. The number of nitrogens with one attached hydrogen (secondary N) is 2. The monoisotopic (exact) mass is 331 g/mol. The standard InChI is InChI=1S/C17H18ClN3S/c18-13-7-1-2-8-14(13)20-16(22)21-17(10-4-5-11-17)15-9-3-6-12-19-15/h1-3,6-9,12H,4-5,10-11H2,(H2,20,21,22).